The average Bonchev–Trinajstić information content (AvgIpc) is 2.79. The third kappa shape index (κ3) is 4.75. The van der Waals surface area contributed by atoms with Crippen LogP contribution in [0.2, 0.25) is 0 Å². The van der Waals surface area contributed by atoms with Gasteiger partial charge in [0.1, 0.15) is 0 Å². The summed E-state index contributed by atoms with van der Waals surface area (Å²) in [5, 5.41) is 3.65. The summed E-state index contributed by atoms with van der Waals surface area (Å²) in [6, 6.07) is 17.2. The minimum atomic E-state index is -0.108. The van der Waals surface area contributed by atoms with Gasteiger partial charge in [0, 0.05) is 49.7 Å². The van der Waals surface area contributed by atoms with E-state index in [0.717, 1.165) is 67.0 Å². The number of hydrogen-bond acceptors (Lipinski definition) is 4. The van der Waals surface area contributed by atoms with E-state index in [4.69, 9.17) is 4.98 Å². The van der Waals surface area contributed by atoms with E-state index in [1.165, 1.54) is 6.92 Å². The van der Waals surface area contributed by atoms with Crippen molar-refractivity contribution < 1.29 is 9.59 Å². The molecule has 1 aliphatic rings. The molecule has 6 heteroatoms. The predicted octanol–water partition coefficient (Wildman–Crippen LogP) is 4.03. The maximum Gasteiger partial charge on any atom is 0.254 e. The zero-order valence-electron chi connectivity index (χ0n) is 18.1. The summed E-state index contributed by atoms with van der Waals surface area (Å²) in [6.45, 7) is 8.08. The lowest BCUT2D eigenvalue weighted by molar-refractivity contribution is -0.114. The van der Waals surface area contributed by atoms with Crippen molar-refractivity contribution in [3.05, 3.63) is 60.2 Å². The molecule has 1 aromatic heterocycles. The lowest BCUT2D eigenvalue weighted by Crippen LogP contribution is -2.48. The van der Waals surface area contributed by atoms with Gasteiger partial charge in [-0.25, -0.2) is 4.98 Å². The monoisotopic (exact) mass is 416 g/mol. The van der Waals surface area contributed by atoms with Crippen LogP contribution in [-0.2, 0) is 4.79 Å². The highest BCUT2D eigenvalue weighted by atomic mass is 16.2. The highest BCUT2D eigenvalue weighted by Gasteiger charge is 2.24. The molecule has 0 radical (unpaired) electrons. The Balaban J connectivity index is 1.65. The molecule has 0 saturated carbocycles. The summed E-state index contributed by atoms with van der Waals surface area (Å²) in [5.74, 6) is -0.0469. The summed E-state index contributed by atoms with van der Waals surface area (Å²) < 4.78 is 0. The van der Waals surface area contributed by atoms with Gasteiger partial charge in [0.25, 0.3) is 5.91 Å². The summed E-state index contributed by atoms with van der Waals surface area (Å²) in [5.41, 5.74) is 3.88. The Bertz CT molecular complexity index is 1090. The fourth-order valence-electron chi connectivity index (χ4n) is 4.09. The van der Waals surface area contributed by atoms with Crippen LogP contribution < -0.4 is 5.32 Å². The van der Waals surface area contributed by atoms with Crippen LogP contribution in [-0.4, -0.2) is 59.3 Å². The van der Waals surface area contributed by atoms with E-state index >= 15 is 0 Å². The van der Waals surface area contributed by atoms with E-state index in [1.807, 2.05) is 59.5 Å². The van der Waals surface area contributed by atoms with E-state index in [1.54, 1.807) is 0 Å². The van der Waals surface area contributed by atoms with Crippen molar-refractivity contribution in [3.8, 4) is 11.3 Å². The molecule has 4 rings (SSSR count). The second kappa shape index (κ2) is 9.27. The van der Waals surface area contributed by atoms with Crippen LogP contribution in [0.4, 0.5) is 5.69 Å². The van der Waals surface area contributed by atoms with Crippen LogP contribution in [0.3, 0.4) is 0 Å². The summed E-state index contributed by atoms with van der Waals surface area (Å²) in [6.07, 6.45) is 1.13. The van der Waals surface area contributed by atoms with Gasteiger partial charge in [0.2, 0.25) is 5.91 Å². The van der Waals surface area contributed by atoms with Crippen LogP contribution in [0.5, 0.6) is 0 Å². The van der Waals surface area contributed by atoms with Crippen LogP contribution >= 0.6 is 0 Å². The number of nitrogens with zero attached hydrogens (tertiary/aromatic N) is 3. The molecule has 1 aliphatic heterocycles. The van der Waals surface area contributed by atoms with E-state index in [-0.39, 0.29) is 11.8 Å². The van der Waals surface area contributed by atoms with Crippen molar-refractivity contribution in [1.82, 2.24) is 14.8 Å². The van der Waals surface area contributed by atoms with Gasteiger partial charge in [-0.1, -0.05) is 37.3 Å². The van der Waals surface area contributed by atoms with Crippen LogP contribution in [0.15, 0.2) is 54.6 Å². The van der Waals surface area contributed by atoms with Gasteiger partial charge in [-0.15, -0.1) is 0 Å². The molecular weight excluding hydrogens is 388 g/mol. The number of carbonyl (C=O) groups is 2. The fourth-order valence-corrected chi connectivity index (χ4v) is 4.09. The van der Waals surface area contributed by atoms with Gasteiger partial charge in [-0.3, -0.25) is 14.5 Å². The lowest BCUT2D eigenvalue weighted by Gasteiger charge is -2.34. The lowest BCUT2D eigenvalue weighted by atomic mass is 10.0. The molecular formula is C25H28N4O2. The Labute approximate surface area is 182 Å². The predicted molar refractivity (Wildman–Crippen MR) is 124 cm³/mol. The molecule has 2 aromatic carbocycles. The highest BCUT2D eigenvalue weighted by Crippen LogP contribution is 2.27. The van der Waals surface area contributed by atoms with Crippen molar-refractivity contribution >= 4 is 28.4 Å². The molecule has 1 N–H and O–H groups in total. The number of fused-ring (bicyclic) bond motifs is 1. The Hall–Kier alpha value is -3.25. The Morgan fingerprint density at radius 3 is 2.39 bits per heavy atom. The summed E-state index contributed by atoms with van der Waals surface area (Å²) >= 11 is 0. The second-order valence-corrected chi connectivity index (χ2v) is 7.96. The maximum absolute atomic E-state index is 13.5. The Morgan fingerprint density at radius 1 is 1.00 bits per heavy atom. The number of anilines is 1. The minimum Gasteiger partial charge on any atom is -0.336 e. The van der Waals surface area contributed by atoms with Crippen molar-refractivity contribution in [2.45, 2.75) is 20.3 Å². The molecule has 2 amide bonds. The fraction of sp³-hybridized carbons (Fsp3) is 0.320. The molecule has 0 atom stereocenters. The number of benzene rings is 2. The second-order valence-electron chi connectivity index (χ2n) is 7.96. The first-order valence-corrected chi connectivity index (χ1v) is 10.8. The van der Waals surface area contributed by atoms with Gasteiger partial charge < -0.3 is 10.2 Å². The first-order chi connectivity index (χ1) is 15.0. The van der Waals surface area contributed by atoms with Crippen LogP contribution in [0, 0.1) is 0 Å². The van der Waals surface area contributed by atoms with Gasteiger partial charge in [0.15, 0.2) is 0 Å². The molecule has 31 heavy (non-hydrogen) atoms. The van der Waals surface area contributed by atoms with Crippen LogP contribution in [0.25, 0.3) is 22.2 Å². The smallest absolute Gasteiger partial charge is 0.254 e. The van der Waals surface area contributed by atoms with E-state index in [2.05, 4.69) is 17.1 Å². The molecule has 0 bridgehead atoms. The number of carbonyl (C=O) groups excluding carboxylic acids is 2. The van der Waals surface area contributed by atoms with Crippen molar-refractivity contribution in [1.29, 1.82) is 0 Å². The van der Waals surface area contributed by atoms with Crippen molar-refractivity contribution in [3.63, 3.8) is 0 Å². The number of rotatable bonds is 5. The van der Waals surface area contributed by atoms with Gasteiger partial charge >= 0.3 is 0 Å². The molecule has 0 spiro atoms. The SMILES string of the molecule is CCCN1CCN(C(=O)c2cc(-c3ccc(NC(C)=O)cc3)nc3ccccc23)CC1. The number of piperazine rings is 1. The topological polar surface area (TPSA) is 65.5 Å². The first-order valence-electron chi connectivity index (χ1n) is 10.8. The molecule has 1 fully saturated rings. The molecule has 160 valence electrons. The molecule has 0 unspecified atom stereocenters. The Morgan fingerprint density at radius 2 is 1.71 bits per heavy atom. The Kier molecular flexibility index (Phi) is 6.28. The number of para-hydroxylation sites is 1. The molecule has 6 nitrogen and oxygen atoms in total. The normalized spacial score (nSPS) is 14.6. The third-order valence-electron chi connectivity index (χ3n) is 5.65. The average molecular weight is 417 g/mol. The standard InChI is InChI=1S/C25H28N4O2/c1-3-12-28-13-15-29(16-14-28)25(31)22-17-24(27-23-7-5-4-6-21(22)23)19-8-10-20(11-9-19)26-18(2)30/h4-11,17H,3,12-16H2,1-2H3,(H,26,30). The number of hydrogen-bond donors (Lipinski definition) is 1. The largest absolute Gasteiger partial charge is 0.336 e. The zero-order valence-corrected chi connectivity index (χ0v) is 18.1. The molecule has 3 aromatic rings. The van der Waals surface area contributed by atoms with Crippen LogP contribution in [0.1, 0.15) is 30.6 Å². The first kappa shape index (κ1) is 21.0. The molecule has 2 heterocycles. The van der Waals surface area contributed by atoms with E-state index in [9.17, 15) is 9.59 Å². The molecule has 0 aliphatic carbocycles. The van der Waals surface area contributed by atoms with Gasteiger partial charge in [-0.05, 0) is 37.2 Å². The molecule has 1 saturated heterocycles. The van der Waals surface area contributed by atoms with E-state index in [0.29, 0.717) is 5.56 Å². The van der Waals surface area contributed by atoms with Gasteiger partial charge in [-0.2, -0.15) is 0 Å². The number of aromatic nitrogens is 1. The van der Waals surface area contributed by atoms with Crippen molar-refractivity contribution in [2.75, 3.05) is 38.0 Å². The summed E-state index contributed by atoms with van der Waals surface area (Å²) in [7, 11) is 0. The quantitative estimate of drug-likeness (QED) is 0.682. The number of amides is 2. The summed E-state index contributed by atoms with van der Waals surface area (Å²) in [4.78, 5) is 33.9. The maximum atomic E-state index is 13.5. The number of nitrogens with one attached hydrogen (secondary N) is 1. The minimum absolute atomic E-state index is 0.0610. The highest BCUT2D eigenvalue weighted by molar-refractivity contribution is 6.07. The number of pyridine rings is 1. The zero-order chi connectivity index (χ0) is 21.8. The van der Waals surface area contributed by atoms with Gasteiger partial charge in [0.05, 0.1) is 16.8 Å². The van der Waals surface area contributed by atoms with Crippen molar-refractivity contribution in [2.24, 2.45) is 0 Å². The third-order valence-corrected chi connectivity index (χ3v) is 5.65. The van der Waals surface area contributed by atoms with E-state index < -0.39 is 0 Å².